The van der Waals surface area contributed by atoms with E-state index in [0.29, 0.717) is 37.0 Å². The molecule has 1 amide bonds. The Labute approximate surface area is 190 Å². The van der Waals surface area contributed by atoms with Crippen LogP contribution in [0.1, 0.15) is 50.3 Å². The molecule has 0 saturated carbocycles. The number of sulfonamides is 1. The van der Waals surface area contributed by atoms with Crippen molar-refractivity contribution in [2.24, 2.45) is 0 Å². The molecular formula is C24H32FN3O3S. The normalized spacial score (nSPS) is 17.6. The Morgan fingerprint density at radius 2 is 1.53 bits per heavy atom. The lowest BCUT2D eigenvalue weighted by Crippen LogP contribution is -2.51. The summed E-state index contributed by atoms with van der Waals surface area (Å²) >= 11 is 0. The Kier molecular flexibility index (Phi) is 8.03. The zero-order valence-electron chi connectivity index (χ0n) is 18.9. The van der Waals surface area contributed by atoms with Crippen molar-refractivity contribution in [3.05, 3.63) is 65.5 Å². The third kappa shape index (κ3) is 5.94. The van der Waals surface area contributed by atoms with Crippen molar-refractivity contribution >= 4 is 15.9 Å². The summed E-state index contributed by atoms with van der Waals surface area (Å²) in [7, 11) is -3.55. The molecule has 2 atom stereocenters. The Bertz CT molecular complexity index is 1000. The van der Waals surface area contributed by atoms with Crippen LogP contribution in [-0.2, 0) is 14.8 Å². The van der Waals surface area contributed by atoms with E-state index in [4.69, 9.17) is 0 Å². The summed E-state index contributed by atoms with van der Waals surface area (Å²) in [5.74, 6) is -0.0578. The number of hydrogen-bond donors (Lipinski definition) is 1. The Morgan fingerprint density at radius 1 is 0.969 bits per heavy atom. The van der Waals surface area contributed by atoms with Crippen molar-refractivity contribution < 1.29 is 17.6 Å². The largest absolute Gasteiger partial charge is 0.348 e. The highest BCUT2D eigenvalue weighted by atomic mass is 32.2. The standard InChI is InChI=1S/C24H32FN3O3S/c1-4-18(2)20-7-11-23(12-8-20)32(30,31)28-15-13-27(14-16-28)17-24(29)26-19(3)21-5-9-22(25)10-6-21/h5-12,18-19H,4,13-17H2,1-3H3,(H,26,29)/t18-,19+/m1/s1. The second kappa shape index (κ2) is 10.6. The van der Waals surface area contributed by atoms with Crippen molar-refractivity contribution in [2.45, 2.75) is 44.0 Å². The van der Waals surface area contributed by atoms with Gasteiger partial charge in [0.2, 0.25) is 15.9 Å². The molecule has 0 aliphatic carbocycles. The number of rotatable bonds is 8. The van der Waals surface area contributed by atoms with E-state index in [0.717, 1.165) is 17.5 Å². The van der Waals surface area contributed by atoms with Crippen molar-refractivity contribution in [1.82, 2.24) is 14.5 Å². The molecule has 2 aromatic rings. The molecule has 3 rings (SSSR count). The van der Waals surface area contributed by atoms with Crippen molar-refractivity contribution in [3.63, 3.8) is 0 Å². The molecule has 1 heterocycles. The maximum Gasteiger partial charge on any atom is 0.243 e. The molecule has 0 aromatic heterocycles. The van der Waals surface area contributed by atoms with Gasteiger partial charge in [0.25, 0.3) is 0 Å². The highest BCUT2D eigenvalue weighted by molar-refractivity contribution is 7.89. The molecule has 1 N–H and O–H groups in total. The number of hydrogen-bond acceptors (Lipinski definition) is 4. The SMILES string of the molecule is CC[C@@H](C)c1ccc(S(=O)(=O)N2CCN(CC(=O)N[C@@H](C)c3ccc(F)cc3)CC2)cc1. The molecule has 2 aromatic carbocycles. The minimum absolute atomic E-state index is 0.140. The van der Waals surface area contributed by atoms with Crippen LogP contribution in [0.2, 0.25) is 0 Å². The van der Waals surface area contributed by atoms with Crippen LogP contribution in [0, 0.1) is 5.82 Å². The summed E-state index contributed by atoms with van der Waals surface area (Å²) in [5, 5.41) is 2.91. The first-order valence-electron chi connectivity index (χ1n) is 11.1. The number of nitrogens with zero attached hydrogens (tertiary/aromatic N) is 2. The van der Waals surface area contributed by atoms with E-state index >= 15 is 0 Å². The van der Waals surface area contributed by atoms with Gasteiger partial charge in [0.05, 0.1) is 17.5 Å². The van der Waals surface area contributed by atoms with E-state index in [2.05, 4.69) is 19.2 Å². The van der Waals surface area contributed by atoms with Gasteiger partial charge in [-0.1, -0.05) is 38.1 Å². The van der Waals surface area contributed by atoms with E-state index in [1.165, 1.54) is 16.4 Å². The highest BCUT2D eigenvalue weighted by Gasteiger charge is 2.29. The number of piperazine rings is 1. The molecule has 8 heteroatoms. The first-order valence-corrected chi connectivity index (χ1v) is 12.5. The van der Waals surface area contributed by atoms with Gasteiger partial charge in [-0.05, 0) is 54.7 Å². The second-order valence-corrected chi connectivity index (χ2v) is 10.3. The van der Waals surface area contributed by atoms with Crippen LogP contribution >= 0.6 is 0 Å². The summed E-state index contributed by atoms with van der Waals surface area (Å²) in [6, 6.07) is 13.0. The van der Waals surface area contributed by atoms with Gasteiger partial charge in [-0.25, -0.2) is 12.8 Å². The van der Waals surface area contributed by atoms with Gasteiger partial charge in [0, 0.05) is 26.2 Å². The average molecular weight is 462 g/mol. The van der Waals surface area contributed by atoms with Crippen molar-refractivity contribution in [2.75, 3.05) is 32.7 Å². The topological polar surface area (TPSA) is 69.7 Å². The number of carbonyl (C=O) groups is 1. The first kappa shape index (κ1) is 24.4. The van der Waals surface area contributed by atoms with Gasteiger partial charge in [-0.3, -0.25) is 9.69 Å². The lowest BCUT2D eigenvalue weighted by Gasteiger charge is -2.33. The molecule has 174 valence electrons. The predicted octanol–water partition coefficient (Wildman–Crippen LogP) is 3.52. The number of halogens is 1. The van der Waals surface area contributed by atoms with Crippen LogP contribution in [0.25, 0.3) is 0 Å². The summed E-state index contributed by atoms with van der Waals surface area (Å²) in [4.78, 5) is 14.7. The van der Waals surface area contributed by atoms with Crippen molar-refractivity contribution in [1.29, 1.82) is 0 Å². The highest BCUT2D eigenvalue weighted by Crippen LogP contribution is 2.23. The second-order valence-electron chi connectivity index (χ2n) is 8.40. The van der Waals surface area contributed by atoms with Gasteiger partial charge in [0.1, 0.15) is 5.82 Å². The summed E-state index contributed by atoms with van der Waals surface area (Å²) in [6.07, 6.45) is 1.00. The minimum Gasteiger partial charge on any atom is -0.348 e. The molecule has 0 spiro atoms. The van der Waals surface area contributed by atoms with E-state index in [9.17, 15) is 17.6 Å². The molecule has 0 bridgehead atoms. The van der Waals surface area contributed by atoms with Gasteiger partial charge in [-0.2, -0.15) is 4.31 Å². The lowest BCUT2D eigenvalue weighted by molar-refractivity contribution is -0.123. The average Bonchev–Trinajstić information content (AvgIpc) is 2.79. The number of benzene rings is 2. The number of amides is 1. The van der Waals surface area contributed by atoms with E-state index in [-0.39, 0.29) is 24.3 Å². The predicted molar refractivity (Wildman–Crippen MR) is 123 cm³/mol. The molecule has 1 fully saturated rings. The molecular weight excluding hydrogens is 429 g/mol. The summed E-state index contributed by atoms with van der Waals surface area (Å²) < 4.78 is 40.5. The fourth-order valence-electron chi connectivity index (χ4n) is 3.81. The Hall–Kier alpha value is -2.29. The van der Waals surface area contributed by atoms with Crippen LogP contribution in [0.4, 0.5) is 4.39 Å². The van der Waals surface area contributed by atoms with Gasteiger partial charge in [0.15, 0.2) is 0 Å². The zero-order chi connectivity index (χ0) is 23.3. The zero-order valence-corrected chi connectivity index (χ0v) is 19.7. The quantitative estimate of drug-likeness (QED) is 0.653. The van der Waals surface area contributed by atoms with E-state index < -0.39 is 10.0 Å². The smallest absolute Gasteiger partial charge is 0.243 e. The molecule has 1 aliphatic rings. The summed E-state index contributed by atoms with van der Waals surface area (Å²) in [6.45, 7) is 7.95. The van der Waals surface area contributed by atoms with Crippen molar-refractivity contribution in [3.8, 4) is 0 Å². The lowest BCUT2D eigenvalue weighted by atomic mass is 9.99. The Balaban J connectivity index is 1.51. The third-order valence-corrected chi connectivity index (χ3v) is 8.06. The van der Waals surface area contributed by atoms with Gasteiger partial charge < -0.3 is 5.32 Å². The maximum atomic E-state index is 13.1. The number of carbonyl (C=O) groups excluding carboxylic acids is 1. The van der Waals surface area contributed by atoms with Crippen LogP contribution < -0.4 is 5.32 Å². The molecule has 6 nitrogen and oxygen atoms in total. The monoisotopic (exact) mass is 461 g/mol. The van der Waals surface area contributed by atoms with E-state index in [1.807, 2.05) is 24.0 Å². The molecule has 1 saturated heterocycles. The molecule has 32 heavy (non-hydrogen) atoms. The first-order chi connectivity index (χ1) is 15.2. The van der Waals surface area contributed by atoms with E-state index in [1.54, 1.807) is 24.3 Å². The molecule has 0 radical (unpaired) electrons. The summed E-state index contributed by atoms with van der Waals surface area (Å²) in [5.41, 5.74) is 1.96. The van der Waals surface area contributed by atoms with Crippen LogP contribution in [0.5, 0.6) is 0 Å². The van der Waals surface area contributed by atoms with Gasteiger partial charge >= 0.3 is 0 Å². The molecule has 0 unspecified atom stereocenters. The maximum absolute atomic E-state index is 13.1. The van der Waals surface area contributed by atoms with Gasteiger partial charge in [-0.15, -0.1) is 0 Å². The minimum atomic E-state index is -3.55. The van der Waals surface area contributed by atoms with Crippen LogP contribution in [0.3, 0.4) is 0 Å². The van der Waals surface area contributed by atoms with Crippen LogP contribution in [0.15, 0.2) is 53.4 Å². The third-order valence-electron chi connectivity index (χ3n) is 6.15. The fourth-order valence-corrected chi connectivity index (χ4v) is 5.23. The fraction of sp³-hybridized carbons (Fsp3) is 0.458. The van der Waals surface area contributed by atoms with Crippen LogP contribution in [-0.4, -0.2) is 56.3 Å². The Morgan fingerprint density at radius 3 is 2.09 bits per heavy atom. The molecule has 1 aliphatic heterocycles. The number of nitrogens with one attached hydrogen (secondary N) is 1.